The lowest BCUT2D eigenvalue weighted by Gasteiger charge is -2.34. The second-order valence-corrected chi connectivity index (χ2v) is 7.74. The molecule has 1 saturated heterocycles. The fraction of sp³-hybridized carbons (Fsp3) is 0.455. The fourth-order valence-corrected chi connectivity index (χ4v) is 4.17. The Labute approximate surface area is 146 Å². The van der Waals surface area contributed by atoms with Crippen LogP contribution in [-0.4, -0.2) is 36.3 Å². The summed E-state index contributed by atoms with van der Waals surface area (Å²) in [6.45, 7) is 3.43. The maximum atomic E-state index is 10.6. The fourth-order valence-electron chi connectivity index (χ4n) is 4.17. The van der Waals surface area contributed by atoms with E-state index in [1.165, 1.54) is 30.5 Å². The standard InChI is InChI=1S/C22H29NO/c1-4-17-12-13-22(24)21(15-17)20(18-9-6-5-7-10-18)16-19-11-8-14-23(19,2)3/h5-7,9-10,12-13,15,19-20H,4,8,11,14,16H2,1-3H3/p+1. The van der Waals surface area contributed by atoms with Crippen LogP contribution in [0, 0.1) is 0 Å². The van der Waals surface area contributed by atoms with Gasteiger partial charge in [-0.15, -0.1) is 0 Å². The van der Waals surface area contributed by atoms with Gasteiger partial charge in [0.25, 0.3) is 0 Å². The van der Waals surface area contributed by atoms with Crippen LogP contribution in [0.1, 0.15) is 48.8 Å². The van der Waals surface area contributed by atoms with Crippen LogP contribution in [0.5, 0.6) is 5.75 Å². The summed E-state index contributed by atoms with van der Waals surface area (Å²) >= 11 is 0. The Hall–Kier alpha value is -1.80. The van der Waals surface area contributed by atoms with Crippen molar-refractivity contribution in [2.45, 2.75) is 44.6 Å². The highest BCUT2D eigenvalue weighted by Gasteiger charge is 2.36. The second kappa shape index (κ2) is 6.98. The number of benzene rings is 2. The van der Waals surface area contributed by atoms with Crippen molar-refractivity contribution >= 4 is 0 Å². The molecule has 0 aliphatic carbocycles. The number of hydrogen-bond acceptors (Lipinski definition) is 1. The van der Waals surface area contributed by atoms with E-state index in [4.69, 9.17) is 0 Å². The largest absolute Gasteiger partial charge is 0.508 e. The minimum atomic E-state index is 0.262. The number of aromatic hydroxyl groups is 1. The molecule has 2 nitrogen and oxygen atoms in total. The van der Waals surface area contributed by atoms with Crippen molar-refractivity contribution in [3.8, 4) is 5.75 Å². The Morgan fingerprint density at radius 1 is 1.12 bits per heavy atom. The molecule has 2 atom stereocenters. The van der Waals surface area contributed by atoms with Gasteiger partial charge in [-0.3, -0.25) is 0 Å². The first-order chi connectivity index (χ1) is 11.5. The molecule has 0 spiro atoms. The quantitative estimate of drug-likeness (QED) is 0.789. The highest BCUT2D eigenvalue weighted by molar-refractivity contribution is 5.43. The number of phenolic OH excluding ortho intramolecular Hbond substituents is 1. The smallest absolute Gasteiger partial charge is 0.119 e. The van der Waals surface area contributed by atoms with Crippen LogP contribution in [-0.2, 0) is 6.42 Å². The van der Waals surface area contributed by atoms with Crippen LogP contribution in [0.3, 0.4) is 0 Å². The molecule has 2 unspecified atom stereocenters. The summed E-state index contributed by atoms with van der Waals surface area (Å²) in [5.41, 5.74) is 3.70. The lowest BCUT2D eigenvalue weighted by molar-refractivity contribution is -0.902. The van der Waals surface area contributed by atoms with Gasteiger partial charge >= 0.3 is 0 Å². The van der Waals surface area contributed by atoms with Crippen LogP contribution >= 0.6 is 0 Å². The van der Waals surface area contributed by atoms with Gasteiger partial charge in [-0.05, 0) is 23.6 Å². The van der Waals surface area contributed by atoms with Gasteiger partial charge in [-0.2, -0.15) is 0 Å². The first-order valence-electron chi connectivity index (χ1n) is 9.20. The SMILES string of the molecule is CCc1ccc(O)c(C(CC2CCC[N+]2(C)C)c2ccccc2)c1. The summed E-state index contributed by atoms with van der Waals surface area (Å²) in [6, 6.07) is 17.5. The highest BCUT2D eigenvalue weighted by atomic mass is 16.3. The number of phenols is 1. The molecule has 0 amide bonds. The summed E-state index contributed by atoms with van der Waals surface area (Å²) in [7, 11) is 4.70. The zero-order valence-corrected chi connectivity index (χ0v) is 15.2. The molecule has 1 heterocycles. The van der Waals surface area contributed by atoms with Crippen molar-refractivity contribution in [2.24, 2.45) is 0 Å². The van der Waals surface area contributed by atoms with E-state index in [2.05, 4.69) is 57.4 Å². The molecule has 1 N–H and O–H groups in total. The third kappa shape index (κ3) is 3.49. The zero-order valence-electron chi connectivity index (χ0n) is 15.2. The molecule has 2 heteroatoms. The monoisotopic (exact) mass is 324 g/mol. The van der Waals surface area contributed by atoms with Crippen molar-refractivity contribution in [1.29, 1.82) is 0 Å². The van der Waals surface area contributed by atoms with Gasteiger partial charge in [0.05, 0.1) is 26.7 Å². The highest BCUT2D eigenvalue weighted by Crippen LogP contribution is 2.39. The first kappa shape index (κ1) is 17.0. The average Bonchev–Trinajstić information content (AvgIpc) is 2.92. The number of nitrogens with zero attached hydrogens (tertiary/aromatic N) is 1. The normalized spacial score (nSPS) is 20.9. The van der Waals surface area contributed by atoms with Crippen LogP contribution in [0.15, 0.2) is 48.5 Å². The molecule has 0 radical (unpaired) electrons. The van der Waals surface area contributed by atoms with Crippen molar-refractivity contribution in [3.05, 3.63) is 65.2 Å². The van der Waals surface area contributed by atoms with E-state index in [1.54, 1.807) is 0 Å². The van der Waals surface area contributed by atoms with Gasteiger partial charge in [0.15, 0.2) is 0 Å². The summed E-state index contributed by atoms with van der Waals surface area (Å²) in [5.74, 6) is 0.697. The first-order valence-corrected chi connectivity index (χ1v) is 9.20. The van der Waals surface area contributed by atoms with E-state index >= 15 is 0 Å². The molecular weight excluding hydrogens is 294 g/mol. The summed E-state index contributed by atoms with van der Waals surface area (Å²) < 4.78 is 1.09. The molecule has 128 valence electrons. The second-order valence-electron chi connectivity index (χ2n) is 7.74. The average molecular weight is 324 g/mol. The summed E-state index contributed by atoms with van der Waals surface area (Å²) in [4.78, 5) is 0. The molecule has 1 fully saturated rings. The van der Waals surface area contributed by atoms with Crippen molar-refractivity contribution in [1.82, 2.24) is 0 Å². The van der Waals surface area contributed by atoms with Gasteiger partial charge in [-0.25, -0.2) is 0 Å². The minimum absolute atomic E-state index is 0.262. The molecule has 0 saturated carbocycles. The molecule has 2 aromatic carbocycles. The Morgan fingerprint density at radius 2 is 1.88 bits per heavy atom. The van der Waals surface area contributed by atoms with Crippen LogP contribution in [0.2, 0.25) is 0 Å². The Morgan fingerprint density at radius 3 is 2.50 bits per heavy atom. The molecule has 0 aromatic heterocycles. The molecule has 1 aliphatic rings. The molecule has 3 rings (SSSR count). The minimum Gasteiger partial charge on any atom is -0.508 e. The van der Waals surface area contributed by atoms with Crippen molar-refractivity contribution < 1.29 is 9.59 Å². The molecule has 0 bridgehead atoms. The van der Waals surface area contributed by atoms with E-state index in [9.17, 15) is 5.11 Å². The number of rotatable bonds is 5. The molecule has 1 aliphatic heterocycles. The van der Waals surface area contributed by atoms with E-state index in [-0.39, 0.29) is 5.92 Å². The number of quaternary nitrogens is 1. The van der Waals surface area contributed by atoms with Crippen LogP contribution in [0.25, 0.3) is 0 Å². The molecule has 2 aromatic rings. The summed E-state index contributed by atoms with van der Waals surface area (Å²) in [5, 5.41) is 10.6. The van der Waals surface area contributed by atoms with Crippen molar-refractivity contribution in [3.63, 3.8) is 0 Å². The third-order valence-corrected chi connectivity index (χ3v) is 5.85. The molecular formula is C22H30NO+. The summed E-state index contributed by atoms with van der Waals surface area (Å²) in [6.07, 6.45) is 4.68. The van der Waals surface area contributed by atoms with Crippen LogP contribution < -0.4 is 0 Å². The van der Waals surface area contributed by atoms with E-state index in [1.807, 2.05) is 12.1 Å². The van der Waals surface area contributed by atoms with Gasteiger partial charge < -0.3 is 9.59 Å². The number of aryl methyl sites for hydroxylation is 1. The van der Waals surface area contributed by atoms with Crippen LogP contribution in [0.4, 0.5) is 0 Å². The maximum Gasteiger partial charge on any atom is 0.119 e. The maximum absolute atomic E-state index is 10.6. The van der Waals surface area contributed by atoms with Gasteiger partial charge in [0.2, 0.25) is 0 Å². The zero-order chi connectivity index (χ0) is 17.2. The number of likely N-dealkylation sites (tertiary alicyclic amines) is 1. The van der Waals surface area contributed by atoms with E-state index < -0.39 is 0 Å². The van der Waals surface area contributed by atoms with Gasteiger partial charge in [0.1, 0.15) is 5.75 Å². The lowest BCUT2D eigenvalue weighted by atomic mass is 9.83. The predicted molar refractivity (Wildman–Crippen MR) is 100 cm³/mol. The molecule has 24 heavy (non-hydrogen) atoms. The predicted octanol–water partition coefficient (Wildman–Crippen LogP) is 4.72. The Balaban J connectivity index is 2.00. The third-order valence-electron chi connectivity index (χ3n) is 5.85. The Kier molecular flexibility index (Phi) is 4.96. The van der Waals surface area contributed by atoms with Gasteiger partial charge in [0, 0.05) is 30.7 Å². The van der Waals surface area contributed by atoms with E-state index in [0.717, 1.165) is 22.9 Å². The van der Waals surface area contributed by atoms with Gasteiger partial charge in [-0.1, -0.05) is 49.4 Å². The lowest BCUT2D eigenvalue weighted by Crippen LogP contribution is -2.44. The Bertz CT molecular complexity index is 678. The van der Waals surface area contributed by atoms with Crippen molar-refractivity contribution in [2.75, 3.05) is 20.6 Å². The topological polar surface area (TPSA) is 20.2 Å². The number of hydrogen-bond donors (Lipinski definition) is 1. The van der Waals surface area contributed by atoms with E-state index in [0.29, 0.717) is 11.8 Å².